The van der Waals surface area contributed by atoms with Crippen LogP contribution in [-0.2, 0) is 17.9 Å². The SMILES string of the molecule is O=C(O)Cn1cc(CN2CC3(CCC3)C2)nn1. The maximum absolute atomic E-state index is 10.5. The lowest BCUT2D eigenvalue weighted by Gasteiger charge is -2.56. The van der Waals surface area contributed by atoms with Gasteiger partial charge in [-0.3, -0.25) is 9.69 Å². The van der Waals surface area contributed by atoms with Crippen molar-refractivity contribution in [3.05, 3.63) is 11.9 Å². The molecule has 2 aliphatic rings. The quantitative estimate of drug-likeness (QED) is 0.816. The van der Waals surface area contributed by atoms with E-state index in [4.69, 9.17) is 5.11 Å². The summed E-state index contributed by atoms with van der Waals surface area (Å²) in [5.74, 6) is -0.890. The first-order valence-electron chi connectivity index (χ1n) is 5.98. The van der Waals surface area contributed by atoms with Gasteiger partial charge in [0.15, 0.2) is 0 Å². The summed E-state index contributed by atoms with van der Waals surface area (Å²) in [7, 11) is 0. The summed E-state index contributed by atoms with van der Waals surface area (Å²) in [5, 5.41) is 16.4. The first kappa shape index (κ1) is 10.7. The summed E-state index contributed by atoms with van der Waals surface area (Å²) in [6, 6.07) is 0. The van der Waals surface area contributed by atoms with Gasteiger partial charge in [0.1, 0.15) is 6.54 Å². The maximum atomic E-state index is 10.5. The minimum absolute atomic E-state index is 0.114. The minimum atomic E-state index is -0.890. The third-order valence-electron chi connectivity index (χ3n) is 3.80. The molecule has 1 spiro atoms. The molecule has 1 saturated carbocycles. The molecule has 6 heteroatoms. The van der Waals surface area contributed by atoms with E-state index in [1.165, 1.54) is 37.0 Å². The van der Waals surface area contributed by atoms with Crippen LogP contribution in [0.4, 0.5) is 0 Å². The van der Waals surface area contributed by atoms with Crippen LogP contribution in [0.1, 0.15) is 25.0 Å². The number of likely N-dealkylation sites (tertiary alicyclic amines) is 1. The lowest BCUT2D eigenvalue weighted by molar-refractivity contribution is -0.137. The third-order valence-corrected chi connectivity index (χ3v) is 3.80. The first-order chi connectivity index (χ1) is 8.15. The molecule has 0 aromatic carbocycles. The molecule has 92 valence electrons. The van der Waals surface area contributed by atoms with Crippen LogP contribution in [0.15, 0.2) is 6.20 Å². The molecule has 1 aliphatic heterocycles. The molecule has 0 atom stereocenters. The van der Waals surface area contributed by atoms with Crippen molar-refractivity contribution < 1.29 is 9.90 Å². The Labute approximate surface area is 99.2 Å². The Bertz CT molecular complexity index is 430. The van der Waals surface area contributed by atoms with Gasteiger partial charge in [0, 0.05) is 19.6 Å². The molecule has 0 unspecified atom stereocenters. The van der Waals surface area contributed by atoms with Gasteiger partial charge < -0.3 is 5.11 Å². The molecule has 17 heavy (non-hydrogen) atoms. The van der Waals surface area contributed by atoms with Gasteiger partial charge in [0.25, 0.3) is 0 Å². The topological polar surface area (TPSA) is 71.2 Å². The lowest BCUT2D eigenvalue weighted by Crippen LogP contribution is -2.58. The fourth-order valence-electron chi connectivity index (χ4n) is 2.86. The highest BCUT2D eigenvalue weighted by Crippen LogP contribution is 2.48. The Morgan fingerprint density at radius 3 is 2.82 bits per heavy atom. The first-order valence-corrected chi connectivity index (χ1v) is 5.98. The molecule has 0 radical (unpaired) electrons. The summed E-state index contributed by atoms with van der Waals surface area (Å²) in [6.07, 6.45) is 5.84. The van der Waals surface area contributed by atoms with Crippen molar-refractivity contribution in [3.8, 4) is 0 Å². The number of aliphatic carboxylic acids is 1. The van der Waals surface area contributed by atoms with Crippen molar-refractivity contribution >= 4 is 5.97 Å². The van der Waals surface area contributed by atoms with Crippen molar-refractivity contribution in [3.63, 3.8) is 0 Å². The van der Waals surface area contributed by atoms with Gasteiger partial charge in [-0.1, -0.05) is 11.6 Å². The van der Waals surface area contributed by atoms with Crippen molar-refractivity contribution in [1.82, 2.24) is 19.9 Å². The fourth-order valence-corrected chi connectivity index (χ4v) is 2.86. The number of carboxylic acids is 1. The predicted molar refractivity (Wildman–Crippen MR) is 59.2 cm³/mol. The van der Waals surface area contributed by atoms with Gasteiger partial charge in [-0.25, -0.2) is 4.68 Å². The van der Waals surface area contributed by atoms with Gasteiger partial charge in [0.05, 0.1) is 11.9 Å². The number of hydrogen-bond acceptors (Lipinski definition) is 4. The van der Waals surface area contributed by atoms with E-state index in [2.05, 4.69) is 15.2 Å². The van der Waals surface area contributed by atoms with Crippen LogP contribution in [0.2, 0.25) is 0 Å². The molecule has 1 N–H and O–H groups in total. The zero-order chi connectivity index (χ0) is 11.9. The smallest absolute Gasteiger partial charge is 0.325 e. The number of nitrogens with zero attached hydrogens (tertiary/aromatic N) is 4. The van der Waals surface area contributed by atoms with E-state index in [-0.39, 0.29) is 6.54 Å². The Kier molecular flexibility index (Phi) is 2.39. The molecule has 1 aliphatic carbocycles. The molecular weight excluding hydrogens is 220 g/mol. The van der Waals surface area contributed by atoms with Gasteiger partial charge >= 0.3 is 5.97 Å². The van der Waals surface area contributed by atoms with Gasteiger partial charge in [-0.15, -0.1) is 5.10 Å². The molecule has 0 amide bonds. The normalized spacial score (nSPS) is 22.1. The third kappa shape index (κ3) is 2.04. The average Bonchev–Trinajstić information content (AvgIpc) is 2.54. The Morgan fingerprint density at radius 1 is 1.47 bits per heavy atom. The predicted octanol–water partition coefficient (Wildman–Crippen LogP) is 0.349. The largest absolute Gasteiger partial charge is 0.480 e. The van der Waals surface area contributed by atoms with Crippen LogP contribution in [0.25, 0.3) is 0 Å². The van der Waals surface area contributed by atoms with E-state index in [9.17, 15) is 4.79 Å². The average molecular weight is 236 g/mol. The molecule has 1 saturated heterocycles. The second kappa shape index (κ2) is 3.80. The second-order valence-electron chi connectivity index (χ2n) is 5.30. The molecule has 1 aromatic heterocycles. The molecule has 2 heterocycles. The summed E-state index contributed by atoms with van der Waals surface area (Å²) in [4.78, 5) is 12.9. The highest BCUT2D eigenvalue weighted by Gasteiger charge is 2.46. The monoisotopic (exact) mass is 236 g/mol. The standard InChI is InChI=1S/C11H16N4O2/c16-10(17)6-15-5-9(12-13-15)4-14-7-11(8-14)2-1-3-11/h5H,1-4,6-8H2,(H,16,17). The van der Waals surface area contributed by atoms with E-state index in [0.29, 0.717) is 5.41 Å². The number of aromatic nitrogens is 3. The van der Waals surface area contributed by atoms with Gasteiger partial charge in [-0.2, -0.15) is 0 Å². The molecule has 0 bridgehead atoms. The van der Waals surface area contributed by atoms with Crippen LogP contribution in [0, 0.1) is 5.41 Å². The molecular formula is C11H16N4O2. The van der Waals surface area contributed by atoms with Gasteiger partial charge in [-0.05, 0) is 18.3 Å². The Morgan fingerprint density at radius 2 is 2.24 bits per heavy atom. The molecule has 3 rings (SSSR count). The number of carboxylic acid groups (broad SMARTS) is 1. The van der Waals surface area contributed by atoms with Crippen molar-refractivity contribution in [1.29, 1.82) is 0 Å². The lowest BCUT2D eigenvalue weighted by atomic mass is 9.63. The minimum Gasteiger partial charge on any atom is -0.480 e. The summed E-state index contributed by atoms with van der Waals surface area (Å²) in [6.45, 7) is 3.01. The molecule has 6 nitrogen and oxygen atoms in total. The van der Waals surface area contributed by atoms with E-state index in [1.54, 1.807) is 6.20 Å². The van der Waals surface area contributed by atoms with Crippen LogP contribution in [0.5, 0.6) is 0 Å². The number of rotatable bonds is 4. The van der Waals surface area contributed by atoms with Crippen LogP contribution < -0.4 is 0 Å². The number of carbonyl (C=O) groups is 1. The zero-order valence-electron chi connectivity index (χ0n) is 9.67. The van der Waals surface area contributed by atoms with Crippen LogP contribution in [0.3, 0.4) is 0 Å². The number of hydrogen-bond donors (Lipinski definition) is 1. The van der Waals surface area contributed by atoms with Crippen LogP contribution in [-0.4, -0.2) is 44.1 Å². The van der Waals surface area contributed by atoms with E-state index in [0.717, 1.165) is 12.2 Å². The molecule has 1 aromatic rings. The molecule has 2 fully saturated rings. The van der Waals surface area contributed by atoms with E-state index < -0.39 is 5.97 Å². The fraction of sp³-hybridized carbons (Fsp3) is 0.727. The van der Waals surface area contributed by atoms with E-state index in [1.807, 2.05) is 0 Å². The van der Waals surface area contributed by atoms with Crippen LogP contribution >= 0.6 is 0 Å². The highest BCUT2D eigenvalue weighted by molar-refractivity contribution is 5.66. The van der Waals surface area contributed by atoms with Gasteiger partial charge in [0.2, 0.25) is 0 Å². The van der Waals surface area contributed by atoms with Crippen molar-refractivity contribution in [2.45, 2.75) is 32.4 Å². The Balaban J connectivity index is 1.52. The highest BCUT2D eigenvalue weighted by atomic mass is 16.4. The second-order valence-corrected chi connectivity index (χ2v) is 5.30. The van der Waals surface area contributed by atoms with E-state index >= 15 is 0 Å². The summed E-state index contributed by atoms with van der Waals surface area (Å²) < 4.78 is 1.37. The Hall–Kier alpha value is -1.43. The summed E-state index contributed by atoms with van der Waals surface area (Å²) in [5.41, 5.74) is 1.48. The summed E-state index contributed by atoms with van der Waals surface area (Å²) >= 11 is 0. The zero-order valence-corrected chi connectivity index (χ0v) is 9.67. The van der Waals surface area contributed by atoms with Crippen molar-refractivity contribution in [2.24, 2.45) is 5.41 Å². The maximum Gasteiger partial charge on any atom is 0.325 e. The van der Waals surface area contributed by atoms with Crippen molar-refractivity contribution in [2.75, 3.05) is 13.1 Å².